The second-order valence-electron chi connectivity index (χ2n) is 10.3. The van der Waals surface area contributed by atoms with Gasteiger partial charge in [0, 0.05) is 49.4 Å². The molecule has 1 aliphatic heterocycles. The molecule has 5 nitrogen and oxygen atoms in total. The van der Waals surface area contributed by atoms with Crippen molar-refractivity contribution in [2.45, 2.75) is 72.6 Å². The molecular weight excluding hydrogens is 456 g/mol. The van der Waals surface area contributed by atoms with Crippen molar-refractivity contribution in [2.24, 2.45) is 0 Å². The molecule has 0 saturated carbocycles. The highest BCUT2D eigenvalue weighted by molar-refractivity contribution is 5.94. The van der Waals surface area contributed by atoms with Gasteiger partial charge in [0.2, 0.25) is 0 Å². The van der Waals surface area contributed by atoms with Crippen LogP contribution in [0.3, 0.4) is 0 Å². The smallest absolute Gasteiger partial charge is 0.253 e. The van der Waals surface area contributed by atoms with Gasteiger partial charge in [0.25, 0.3) is 5.91 Å². The summed E-state index contributed by atoms with van der Waals surface area (Å²) < 4.78 is 0. The van der Waals surface area contributed by atoms with Gasteiger partial charge in [-0.3, -0.25) is 4.79 Å². The van der Waals surface area contributed by atoms with E-state index in [0.717, 1.165) is 68.2 Å². The van der Waals surface area contributed by atoms with E-state index < -0.39 is 0 Å². The van der Waals surface area contributed by atoms with Gasteiger partial charge in [0.05, 0.1) is 0 Å². The third-order valence-corrected chi connectivity index (χ3v) is 7.37. The normalized spacial score (nSPS) is 14.1. The molecule has 1 aromatic heterocycles. The number of amides is 1. The van der Waals surface area contributed by atoms with Gasteiger partial charge in [-0.25, -0.2) is 9.97 Å². The van der Waals surface area contributed by atoms with E-state index in [9.17, 15) is 4.79 Å². The van der Waals surface area contributed by atoms with Gasteiger partial charge in [-0.1, -0.05) is 68.7 Å². The number of nitrogens with zero attached hydrogens (tertiary/aromatic N) is 4. The molecule has 0 spiro atoms. The molecule has 0 atom stereocenters. The first kappa shape index (κ1) is 26.8. The van der Waals surface area contributed by atoms with E-state index in [2.05, 4.69) is 62.1 Å². The number of aromatic nitrogens is 2. The summed E-state index contributed by atoms with van der Waals surface area (Å²) in [7, 11) is 0. The first-order valence-electron chi connectivity index (χ1n) is 14.0. The van der Waals surface area contributed by atoms with Crippen LogP contribution >= 0.6 is 0 Å². The number of carbonyl (C=O) groups is 1. The zero-order valence-corrected chi connectivity index (χ0v) is 23.1. The highest BCUT2D eigenvalue weighted by Gasteiger charge is 2.24. The van der Waals surface area contributed by atoms with Crippen molar-refractivity contribution >= 4 is 11.7 Å². The average Bonchev–Trinajstić information content (AvgIpc) is 3.17. The van der Waals surface area contributed by atoms with Gasteiger partial charge in [-0.05, 0) is 62.8 Å². The molecule has 0 radical (unpaired) electrons. The van der Waals surface area contributed by atoms with E-state index in [-0.39, 0.29) is 5.91 Å². The highest BCUT2D eigenvalue weighted by Crippen LogP contribution is 2.26. The topological polar surface area (TPSA) is 49.3 Å². The first-order chi connectivity index (χ1) is 18.0. The van der Waals surface area contributed by atoms with Crippen molar-refractivity contribution in [3.63, 3.8) is 0 Å². The number of anilines is 1. The Morgan fingerprint density at radius 1 is 0.838 bits per heavy atom. The largest absolute Gasteiger partial charge is 0.354 e. The second kappa shape index (κ2) is 12.8. The van der Waals surface area contributed by atoms with Gasteiger partial charge >= 0.3 is 0 Å². The van der Waals surface area contributed by atoms with Gasteiger partial charge in [-0.2, -0.15) is 0 Å². The fourth-order valence-electron chi connectivity index (χ4n) is 5.19. The van der Waals surface area contributed by atoms with Crippen molar-refractivity contribution in [3.05, 3.63) is 87.9 Å². The minimum Gasteiger partial charge on any atom is -0.354 e. The Labute approximate surface area is 222 Å². The predicted octanol–water partition coefficient (Wildman–Crippen LogP) is 6.33. The van der Waals surface area contributed by atoms with Crippen LogP contribution in [0.1, 0.15) is 83.7 Å². The summed E-state index contributed by atoms with van der Waals surface area (Å²) in [6, 6.07) is 17.0. The molecule has 3 aromatic rings. The Bertz CT molecular complexity index is 1170. The van der Waals surface area contributed by atoms with Crippen LogP contribution in [-0.4, -0.2) is 47.0 Å². The predicted molar refractivity (Wildman–Crippen MR) is 153 cm³/mol. The van der Waals surface area contributed by atoms with E-state index in [0.29, 0.717) is 6.54 Å². The van der Waals surface area contributed by atoms with Gasteiger partial charge in [0.1, 0.15) is 11.6 Å². The van der Waals surface area contributed by atoms with Crippen LogP contribution < -0.4 is 4.90 Å². The van der Waals surface area contributed by atoms with Crippen molar-refractivity contribution in [3.8, 4) is 0 Å². The zero-order valence-electron chi connectivity index (χ0n) is 23.1. The quantitative estimate of drug-likeness (QED) is 0.323. The van der Waals surface area contributed by atoms with Crippen LogP contribution in [0.2, 0.25) is 0 Å². The average molecular weight is 499 g/mol. The van der Waals surface area contributed by atoms with E-state index in [1.807, 2.05) is 24.0 Å². The molecule has 4 rings (SSSR count). The summed E-state index contributed by atoms with van der Waals surface area (Å²) in [6.07, 6.45) is 7.40. The van der Waals surface area contributed by atoms with E-state index in [1.165, 1.54) is 41.5 Å². The first-order valence-corrected chi connectivity index (χ1v) is 14.0. The molecule has 196 valence electrons. The number of carbonyl (C=O) groups excluding carboxylic acids is 1. The second-order valence-corrected chi connectivity index (χ2v) is 10.3. The summed E-state index contributed by atoms with van der Waals surface area (Å²) in [6.45, 7) is 11.6. The van der Waals surface area contributed by atoms with Crippen molar-refractivity contribution in [2.75, 3.05) is 31.1 Å². The van der Waals surface area contributed by atoms with Gasteiger partial charge < -0.3 is 9.80 Å². The lowest BCUT2D eigenvalue weighted by Crippen LogP contribution is -2.35. The molecule has 1 fully saturated rings. The summed E-state index contributed by atoms with van der Waals surface area (Å²) >= 11 is 0. The fourth-order valence-corrected chi connectivity index (χ4v) is 5.19. The van der Waals surface area contributed by atoms with Crippen LogP contribution in [0, 0.1) is 13.8 Å². The molecule has 0 N–H and O–H groups in total. The van der Waals surface area contributed by atoms with Crippen LogP contribution in [0.15, 0.2) is 48.5 Å². The number of hydrogen-bond donors (Lipinski definition) is 0. The zero-order chi connectivity index (χ0) is 26.2. The van der Waals surface area contributed by atoms with Gasteiger partial charge in [-0.15, -0.1) is 0 Å². The lowest BCUT2D eigenvalue weighted by molar-refractivity contribution is 0.0767. The number of hydrogen-bond acceptors (Lipinski definition) is 4. The SMILES string of the molecule is CCCCCc1ccc(C(=O)N2CCCN(c3nc(C)nc(CC)c3Cc3ccc(C)cc3)CC2)cc1. The molecule has 1 amide bonds. The molecular formula is C32H42N4O. The molecule has 1 aliphatic rings. The lowest BCUT2D eigenvalue weighted by atomic mass is 10.0. The maximum atomic E-state index is 13.3. The van der Waals surface area contributed by atoms with Crippen LogP contribution in [0.4, 0.5) is 5.82 Å². The van der Waals surface area contributed by atoms with Crippen LogP contribution in [0.5, 0.6) is 0 Å². The summed E-state index contributed by atoms with van der Waals surface area (Å²) in [4.78, 5) is 27.5. The number of aryl methyl sites for hydroxylation is 4. The van der Waals surface area contributed by atoms with Crippen LogP contribution in [-0.2, 0) is 19.3 Å². The van der Waals surface area contributed by atoms with E-state index >= 15 is 0 Å². The van der Waals surface area contributed by atoms with Gasteiger partial charge in [0.15, 0.2) is 0 Å². The molecule has 0 aliphatic carbocycles. The number of benzene rings is 2. The highest BCUT2D eigenvalue weighted by atomic mass is 16.2. The van der Waals surface area contributed by atoms with E-state index in [4.69, 9.17) is 9.97 Å². The number of unbranched alkanes of at least 4 members (excludes halogenated alkanes) is 2. The Morgan fingerprint density at radius 3 is 2.27 bits per heavy atom. The Morgan fingerprint density at radius 2 is 1.57 bits per heavy atom. The Hall–Kier alpha value is -3.21. The minimum absolute atomic E-state index is 0.134. The summed E-state index contributed by atoms with van der Waals surface area (Å²) in [5.41, 5.74) is 7.00. The molecule has 2 aromatic carbocycles. The molecule has 37 heavy (non-hydrogen) atoms. The standard InChI is InChI=1S/C32H42N4O/c1-5-7-8-10-26-15-17-28(18-16-26)32(37)36-20-9-19-35(21-22-36)31-29(30(6-2)33-25(4)34-31)23-27-13-11-24(3)12-14-27/h11-18H,5-10,19-23H2,1-4H3. The molecule has 1 saturated heterocycles. The third-order valence-electron chi connectivity index (χ3n) is 7.37. The van der Waals surface area contributed by atoms with Crippen LogP contribution in [0.25, 0.3) is 0 Å². The third kappa shape index (κ3) is 6.97. The maximum Gasteiger partial charge on any atom is 0.253 e. The Kier molecular flexibility index (Phi) is 9.32. The monoisotopic (exact) mass is 498 g/mol. The summed E-state index contributed by atoms with van der Waals surface area (Å²) in [5, 5.41) is 0. The van der Waals surface area contributed by atoms with Crippen molar-refractivity contribution in [1.29, 1.82) is 0 Å². The lowest BCUT2D eigenvalue weighted by Gasteiger charge is -2.26. The van der Waals surface area contributed by atoms with Crippen molar-refractivity contribution < 1.29 is 4.79 Å². The molecule has 0 bridgehead atoms. The number of rotatable bonds is 9. The summed E-state index contributed by atoms with van der Waals surface area (Å²) in [5.74, 6) is 1.99. The van der Waals surface area contributed by atoms with E-state index in [1.54, 1.807) is 0 Å². The molecule has 0 unspecified atom stereocenters. The maximum absolute atomic E-state index is 13.3. The Balaban J connectivity index is 1.49. The minimum atomic E-state index is 0.134. The molecule has 2 heterocycles. The van der Waals surface area contributed by atoms with Crippen molar-refractivity contribution in [1.82, 2.24) is 14.9 Å². The molecule has 5 heteroatoms. The fraction of sp³-hybridized carbons (Fsp3) is 0.469.